The van der Waals surface area contributed by atoms with Crippen LogP contribution in [0, 0.1) is 0 Å². The van der Waals surface area contributed by atoms with Gasteiger partial charge in [-0.05, 0) is 25.7 Å². The molecule has 0 saturated carbocycles. The van der Waals surface area contributed by atoms with E-state index < -0.39 is 0 Å². The van der Waals surface area contributed by atoms with Gasteiger partial charge in [0.15, 0.2) is 0 Å². The van der Waals surface area contributed by atoms with Crippen LogP contribution in [0.25, 0.3) is 0 Å². The van der Waals surface area contributed by atoms with Crippen LogP contribution in [-0.4, -0.2) is 61.0 Å². The predicted octanol–water partition coefficient (Wildman–Crippen LogP) is 3.10. The fourth-order valence-corrected chi connectivity index (χ4v) is 1.71. The molecule has 0 N–H and O–H groups in total. The number of hydroxylamine groups is 2. The molecular formula is C14H34N6O+2. The highest BCUT2D eigenvalue weighted by Crippen LogP contribution is 2.06. The Morgan fingerprint density at radius 3 is 1.38 bits per heavy atom. The second-order valence-corrected chi connectivity index (χ2v) is 5.52. The number of unbranched alkanes of at least 4 members (excludes halogenated alkanes) is 4. The van der Waals surface area contributed by atoms with Gasteiger partial charge in [-0.3, -0.25) is 0 Å². The molecule has 7 heteroatoms. The highest BCUT2D eigenvalue weighted by atomic mass is 16.9. The third kappa shape index (κ3) is 12.2. The number of hydrogen-bond donors (Lipinski definition) is 0. The van der Waals surface area contributed by atoms with E-state index in [0.717, 1.165) is 25.9 Å². The summed E-state index contributed by atoms with van der Waals surface area (Å²) in [7, 11) is 7.56. The summed E-state index contributed by atoms with van der Waals surface area (Å²) in [5.74, 6) is 0. The van der Waals surface area contributed by atoms with Crippen LogP contribution in [0.1, 0.15) is 52.4 Å². The van der Waals surface area contributed by atoms with E-state index in [1.54, 1.807) is 19.7 Å². The number of hydrogen-bond acceptors (Lipinski definition) is 3. The van der Waals surface area contributed by atoms with Crippen LogP contribution in [0.2, 0.25) is 0 Å². The largest absolute Gasteiger partial charge is 0.173 e. The van der Waals surface area contributed by atoms with E-state index in [-0.39, 0.29) is 0 Å². The molecule has 0 aromatic heterocycles. The van der Waals surface area contributed by atoms with Crippen molar-refractivity contribution in [2.45, 2.75) is 52.4 Å². The lowest BCUT2D eigenvalue weighted by Gasteiger charge is -2.11. The third-order valence-corrected chi connectivity index (χ3v) is 2.65. The molecule has 0 aliphatic rings. The maximum absolute atomic E-state index is 5.82. The molecule has 124 valence electrons. The molecule has 7 nitrogen and oxygen atoms in total. The number of rotatable bonds is 12. The molecule has 0 bridgehead atoms. The van der Waals surface area contributed by atoms with Crippen molar-refractivity contribution in [3.05, 3.63) is 0 Å². The highest BCUT2D eigenvalue weighted by molar-refractivity contribution is 4.42. The van der Waals surface area contributed by atoms with E-state index >= 15 is 0 Å². The molecule has 0 atom stereocenters. The average molecular weight is 302 g/mol. The first-order valence-corrected chi connectivity index (χ1v) is 8.00. The summed E-state index contributed by atoms with van der Waals surface area (Å²) in [4.78, 5) is 5.82. The van der Waals surface area contributed by atoms with Gasteiger partial charge in [-0.1, -0.05) is 26.7 Å². The fraction of sp³-hybridized carbons (Fsp3) is 1.00. The summed E-state index contributed by atoms with van der Waals surface area (Å²) in [6.07, 6.45) is 6.81. The molecule has 0 heterocycles. The predicted molar refractivity (Wildman–Crippen MR) is 82.6 cm³/mol. The van der Waals surface area contributed by atoms with Gasteiger partial charge in [0.05, 0.1) is 33.1 Å². The second kappa shape index (κ2) is 12.5. The zero-order chi connectivity index (χ0) is 16.1. The van der Waals surface area contributed by atoms with E-state index in [2.05, 4.69) is 24.3 Å². The minimum Gasteiger partial charge on any atom is -0.173 e. The van der Waals surface area contributed by atoms with Gasteiger partial charge in [0, 0.05) is 10.3 Å². The number of nitrogens with zero attached hydrogens (tertiary/aromatic N) is 6. The van der Waals surface area contributed by atoms with Crippen LogP contribution in [0.4, 0.5) is 0 Å². The van der Waals surface area contributed by atoms with Gasteiger partial charge < -0.3 is 0 Å². The molecule has 0 aliphatic heterocycles. The van der Waals surface area contributed by atoms with Gasteiger partial charge in [0.25, 0.3) is 0 Å². The third-order valence-electron chi connectivity index (χ3n) is 2.65. The smallest absolute Gasteiger partial charge is 0.148 e. The molecule has 0 unspecified atom stereocenters. The Hall–Kier alpha value is -1.24. The van der Waals surface area contributed by atoms with Gasteiger partial charge in [-0.2, -0.15) is 9.39 Å². The van der Waals surface area contributed by atoms with Crippen LogP contribution in [0.15, 0.2) is 10.4 Å². The monoisotopic (exact) mass is 302 g/mol. The van der Waals surface area contributed by atoms with Crippen molar-refractivity contribution in [2.75, 3.05) is 41.3 Å². The van der Waals surface area contributed by atoms with E-state index in [1.807, 2.05) is 28.2 Å². The minimum atomic E-state index is 0.763. The first-order valence-electron chi connectivity index (χ1n) is 8.00. The van der Waals surface area contributed by atoms with Gasteiger partial charge in [0.2, 0.25) is 0 Å². The molecule has 21 heavy (non-hydrogen) atoms. The fourth-order valence-electron chi connectivity index (χ4n) is 1.71. The van der Waals surface area contributed by atoms with Gasteiger partial charge in [0.1, 0.15) is 23.5 Å². The summed E-state index contributed by atoms with van der Waals surface area (Å²) < 4.78 is 3.48. The summed E-state index contributed by atoms with van der Waals surface area (Å²) >= 11 is 0. The molecule has 0 saturated heterocycles. The van der Waals surface area contributed by atoms with Crippen molar-refractivity contribution in [1.29, 1.82) is 0 Å². The minimum absolute atomic E-state index is 0.763. The Bertz CT molecular complexity index is 281. The van der Waals surface area contributed by atoms with Crippen molar-refractivity contribution in [3.63, 3.8) is 0 Å². The van der Waals surface area contributed by atoms with E-state index in [1.165, 1.54) is 25.7 Å². The average Bonchev–Trinajstić information content (AvgIpc) is 2.37. The Morgan fingerprint density at radius 2 is 1.10 bits per heavy atom. The van der Waals surface area contributed by atoms with Crippen molar-refractivity contribution in [3.8, 4) is 0 Å². The Kier molecular flexibility index (Phi) is 11.8. The zero-order valence-electron chi connectivity index (χ0n) is 14.7. The van der Waals surface area contributed by atoms with Crippen molar-refractivity contribution in [1.82, 2.24) is 10.3 Å². The Balaban J connectivity index is 4.60. The second-order valence-electron chi connectivity index (χ2n) is 5.52. The molecule has 0 aromatic carbocycles. The first-order chi connectivity index (χ1) is 9.99. The quantitative estimate of drug-likeness (QED) is 0.241. The standard InChI is InChI=1S/C14H34N6O/c1-7-9-11-13-19(15-17(3)4)21-20(16-18(5)6)14-12-10-8-2/h7-14H2,1-6H3/q+2. The molecule has 0 aliphatic carbocycles. The van der Waals surface area contributed by atoms with E-state index in [0.29, 0.717) is 0 Å². The van der Waals surface area contributed by atoms with Crippen LogP contribution in [0.3, 0.4) is 0 Å². The lowest BCUT2D eigenvalue weighted by Crippen LogP contribution is -2.32. The Morgan fingerprint density at radius 1 is 0.714 bits per heavy atom. The lowest BCUT2D eigenvalue weighted by atomic mass is 10.2. The van der Waals surface area contributed by atoms with Crippen LogP contribution in [0.5, 0.6) is 0 Å². The maximum Gasteiger partial charge on any atom is 0.148 e. The normalized spacial score (nSPS) is 10.2. The summed E-state index contributed by atoms with van der Waals surface area (Å²) in [5, 5.41) is 11.9. The van der Waals surface area contributed by atoms with Crippen molar-refractivity contribution in [2.24, 2.45) is 10.4 Å². The molecule has 0 radical (unpaired) electrons. The highest BCUT2D eigenvalue weighted by Gasteiger charge is 2.22. The van der Waals surface area contributed by atoms with E-state index in [9.17, 15) is 0 Å². The molecular weight excluding hydrogens is 268 g/mol. The van der Waals surface area contributed by atoms with Crippen LogP contribution >= 0.6 is 0 Å². The van der Waals surface area contributed by atoms with Crippen molar-refractivity contribution >= 4 is 0 Å². The molecule has 0 rings (SSSR count). The Labute approximate surface area is 129 Å². The topological polar surface area (TPSA) is 46.4 Å². The molecule has 0 amide bonds. The van der Waals surface area contributed by atoms with E-state index in [4.69, 9.17) is 4.94 Å². The summed E-state index contributed by atoms with van der Waals surface area (Å²) in [6.45, 7) is 5.90. The van der Waals surface area contributed by atoms with Crippen LogP contribution in [-0.2, 0) is 4.94 Å². The van der Waals surface area contributed by atoms with Crippen molar-refractivity contribution < 1.29 is 14.3 Å². The van der Waals surface area contributed by atoms with Gasteiger partial charge >= 0.3 is 0 Å². The van der Waals surface area contributed by atoms with Crippen LogP contribution < -0.4 is 0 Å². The van der Waals surface area contributed by atoms with Gasteiger partial charge in [-0.25, -0.2) is 0 Å². The zero-order valence-corrected chi connectivity index (χ0v) is 14.7. The molecule has 0 fully saturated rings. The summed E-state index contributed by atoms with van der Waals surface area (Å²) in [6, 6.07) is 0. The first kappa shape index (κ1) is 19.8. The molecule has 0 aromatic rings. The lowest BCUT2D eigenvalue weighted by molar-refractivity contribution is -0.596. The van der Waals surface area contributed by atoms with Gasteiger partial charge in [-0.15, -0.1) is 0 Å². The summed E-state index contributed by atoms with van der Waals surface area (Å²) in [5.41, 5.74) is 0. The maximum atomic E-state index is 5.82. The molecule has 0 spiro atoms. The SMILES string of the molecule is CCCCCN(N=[N+](C)C)ON(CCCCC)N=[N+](C)C.